The zero-order valence-corrected chi connectivity index (χ0v) is 13.2. The van der Waals surface area contributed by atoms with Crippen LogP contribution in [0.3, 0.4) is 0 Å². The molecule has 3 rings (SSSR count). The third-order valence-corrected chi connectivity index (χ3v) is 7.73. The highest BCUT2D eigenvalue weighted by molar-refractivity contribution is 5.24. The molecule has 0 amide bonds. The number of hydrogen-bond donors (Lipinski definition) is 2. The largest absolute Gasteiger partial charge is 0.396 e. The minimum atomic E-state index is -0.864. The first-order valence-corrected chi connectivity index (χ1v) is 8.28. The number of hydrogen-bond acceptors (Lipinski definition) is 3. The summed E-state index contributed by atoms with van der Waals surface area (Å²) in [5, 5.41) is 21.3. The highest BCUT2D eigenvalue weighted by Gasteiger charge is 2.75. The molecule has 3 nitrogen and oxygen atoms in total. The Bertz CT molecular complexity index is 378. The number of rotatable bonds is 4. The number of fused-ring (bicyclic) bond motifs is 2. The van der Waals surface area contributed by atoms with E-state index in [4.69, 9.17) is 4.74 Å². The Hall–Kier alpha value is -0.120. The second-order valence-corrected chi connectivity index (χ2v) is 7.89. The van der Waals surface area contributed by atoms with Gasteiger partial charge in [-0.2, -0.15) is 0 Å². The Kier molecular flexibility index (Phi) is 3.47. The first kappa shape index (κ1) is 14.8. The molecule has 0 aromatic heterocycles. The smallest absolute Gasteiger partial charge is 0.0991 e. The van der Waals surface area contributed by atoms with Crippen LogP contribution in [0.5, 0.6) is 0 Å². The summed E-state index contributed by atoms with van der Waals surface area (Å²) in [7, 11) is 1.66. The molecule has 0 radical (unpaired) electrons. The van der Waals surface area contributed by atoms with Gasteiger partial charge in [-0.25, -0.2) is 0 Å². The Morgan fingerprint density at radius 2 is 1.80 bits per heavy atom. The van der Waals surface area contributed by atoms with Crippen molar-refractivity contribution in [1.82, 2.24) is 0 Å². The average Bonchev–Trinajstić information content (AvgIpc) is 3.05. The van der Waals surface area contributed by atoms with E-state index in [1.54, 1.807) is 7.11 Å². The lowest BCUT2D eigenvalue weighted by Gasteiger charge is -2.49. The van der Waals surface area contributed by atoms with Crippen molar-refractivity contribution in [2.45, 2.75) is 58.0 Å². The second-order valence-electron chi connectivity index (χ2n) is 7.89. The summed E-state index contributed by atoms with van der Waals surface area (Å²) in [6.45, 7) is 5.10. The van der Waals surface area contributed by atoms with Crippen LogP contribution >= 0.6 is 0 Å². The fourth-order valence-corrected chi connectivity index (χ4v) is 6.51. The maximum atomic E-state index is 11.4. The summed E-state index contributed by atoms with van der Waals surface area (Å²) < 4.78 is 5.37. The maximum absolute atomic E-state index is 11.4. The lowest BCUT2D eigenvalue weighted by molar-refractivity contribution is -0.165. The molecular formula is C17H30O3. The van der Waals surface area contributed by atoms with Crippen molar-refractivity contribution in [2.75, 3.05) is 20.3 Å². The highest BCUT2D eigenvalue weighted by atomic mass is 16.5. The Morgan fingerprint density at radius 1 is 1.15 bits per heavy atom. The van der Waals surface area contributed by atoms with Gasteiger partial charge in [-0.3, -0.25) is 0 Å². The van der Waals surface area contributed by atoms with E-state index in [9.17, 15) is 10.2 Å². The predicted molar refractivity (Wildman–Crippen MR) is 78.3 cm³/mol. The average molecular weight is 282 g/mol. The molecule has 0 aromatic rings. The van der Waals surface area contributed by atoms with Gasteiger partial charge in [0.1, 0.15) is 0 Å². The fourth-order valence-electron chi connectivity index (χ4n) is 6.51. The molecule has 3 saturated carbocycles. The van der Waals surface area contributed by atoms with E-state index >= 15 is 0 Å². The molecule has 2 N–H and O–H groups in total. The van der Waals surface area contributed by atoms with Crippen molar-refractivity contribution in [3.8, 4) is 0 Å². The van der Waals surface area contributed by atoms with Gasteiger partial charge >= 0.3 is 0 Å². The van der Waals surface area contributed by atoms with E-state index in [0.29, 0.717) is 18.4 Å². The van der Waals surface area contributed by atoms with Crippen LogP contribution in [0.2, 0.25) is 0 Å². The van der Waals surface area contributed by atoms with E-state index in [1.807, 2.05) is 0 Å². The highest BCUT2D eigenvalue weighted by Crippen LogP contribution is 2.75. The molecule has 0 aliphatic heterocycles. The molecule has 0 saturated heterocycles. The molecule has 5 atom stereocenters. The Balaban J connectivity index is 2.05. The number of methoxy groups -OCH3 is 1. The van der Waals surface area contributed by atoms with Crippen LogP contribution in [0.15, 0.2) is 0 Å². The van der Waals surface area contributed by atoms with Crippen LogP contribution in [0.1, 0.15) is 52.4 Å². The van der Waals surface area contributed by atoms with E-state index in [1.165, 1.54) is 25.7 Å². The summed E-state index contributed by atoms with van der Waals surface area (Å²) in [5.41, 5.74) is -0.829. The van der Waals surface area contributed by atoms with Crippen LogP contribution in [0.4, 0.5) is 0 Å². The van der Waals surface area contributed by atoms with Crippen molar-refractivity contribution in [3.05, 3.63) is 0 Å². The number of ether oxygens (including phenoxy) is 1. The molecule has 0 heterocycles. The van der Waals surface area contributed by atoms with Crippen molar-refractivity contribution in [2.24, 2.45) is 28.6 Å². The van der Waals surface area contributed by atoms with Crippen molar-refractivity contribution < 1.29 is 14.9 Å². The molecule has 3 heteroatoms. The molecule has 0 aromatic carbocycles. The normalized spacial score (nSPS) is 52.0. The first-order valence-electron chi connectivity index (χ1n) is 8.28. The maximum Gasteiger partial charge on any atom is 0.0991 e. The van der Waals surface area contributed by atoms with Crippen molar-refractivity contribution in [3.63, 3.8) is 0 Å². The van der Waals surface area contributed by atoms with Gasteiger partial charge in [0.25, 0.3) is 0 Å². The third-order valence-electron chi connectivity index (χ3n) is 7.73. The molecule has 20 heavy (non-hydrogen) atoms. The van der Waals surface area contributed by atoms with Gasteiger partial charge in [-0.05, 0) is 42.9 Å². The molecule has 0 unspecified atom stereocenters. The third kappa shape index (κ3) is 1.47. The standard InChI is InChI=1S/C17H30O3/c1-15-9-8-13(14(10-18)17(15,19)11-20-3)16(15,2)12-6-4-5-7-12/h12-14,18-19H,4-11H2,1-3H3/t13-,14-,15-,16-,17+/m0/s1. The second kappa shape index (κ2) is 4.69. The zero-order valence-electron chi connectivity index (χ0n) is 13.2. The van der Waals surface area contributed by atoms with Gasteiger partial charge in [-0.1, -0.05) is 26.7 Å². The predicted octanol–water partition coefficient (Wildman–Crippen LogP) is 2.60. The van der Waals surface area contributed by atoms with Crippen LogP contribution in [0.25, 0.3) is 0 Å². The van der Waals surface area contributed by atoms with E-state index in [2.05, 4.69) is 13.8 Å². The van der Waals surface area contributed by atoms with Gasteiger partial charge in [0, 0.05) is 25.0 Å². The fraction of sp³-hybridized carbons (Fsp3) is 1.00. The molecular weight excluding hydrogens is 252 g/mol. The van der Waals surface area contributed by atoms with E-state index in [-0.39, 0.29) is 23.4 Å². The topological polar surface area (TPSA) is 49.7 Å². The molecule has 3 aliphatic carbocycles. The lowest BCUT2D eigenvalue weighted by atomic mass is 9.58. The zero-order chi connectivity index (χ0) is 14.6. The van der Waals surface area contributed by atoms with Crippen molar-refractivity contribution >= 4 is 0 Å². The molecule has 0 spiro atoms. The lowest BCUT2D eigenvalue weighted by Crippen LogP contribution is -2.56. The van der Waals surface area contributed by atoms with Crippen LogP contribution in [-0.4, -0.2) is 36.1 Å². The van der Waals surface area contributed by atoms with Gasteiger partial charge in [0.15, 0.2) is 0 Å². The van der Waals surface area contributed by atoms with Gasteiger partial charge in [0.2, 0.25) is 0 Å². The summed E-state index contributed by atoms with van der Waals surface area (Å²) in [4.78, 5) is 0. The Morgan fingerprint density at radius 3 is 2.35 bits per heavy atom. The van der Waals surface area contributed by atoms with E-state index < -0.39 is 5.60 Å². The monoisotopic (exact) mass is 282 g/mol. The SMILES string of the molecule is COC[C@@]1(O)[C@@H](CO)[C@@H]2CC[C@@]1(C)[C@@]2(C)C1CCCC1. The minimum absolute atomic E-state index is 0.0215. The first-order chi connectivity index (χ1) is 9.45. The van der Waals surface area contributed by atoms with E-state index in [0.717, 1.165) is 12.8 Å². The summed E-state index contributed by atoms with van der Waals surface area (Å²) >= 11 is 0. The molecule has 3 aliphatic rings. The quantitative estimate of drug-likeness (QED) is 0.833. The number of aliphatic hydroxyl groups excluding tert-OH is 1. The number of aliphatic hydroxyl groups is 2. The van der Waals surface area contributed by atoms with Crippen LogP contribution in [-0.2, 0) is 4.74 Å². The summed E-state index contributed by atoms with van der Waals surface area (Å²) in [5.74, 6) is 1.13. The van der Waals surface area contributed by atoms with Gasteiger partial charge in [0.05, 0.1) is 12.2 Å². The minimum Gasteiger partial charge on any atom is -0.396 e. The summed E-state index contributed by atoms with van der Waals surface area (Å²) in [6, 6.07) is 0. The van der Waals surface area contributed by atoms with Crippen LogP contribution < -0.4 is 0 Å². The molecule has 116 valence electrons. The van der Waals surface area contributed by atoms with Crippen LogP contribution in [0, 0.1) is 28.6 Å². The van der Waals surface area contributed by atoms with Gasteiger partial charge < -0.3 is 14.9 Å². The van der Waals surface area contributed by atoms with Crippen molar-refractivity contribution in [1.29, 1.82) is 0 Å². The van der Waals surface area contributed by atoms with Gasteiger partial charge in [-0.15, -0.1) is 0 Å². The molecule has 3 fully saturated rings. The summed E-state index contributed by atoms with van der Waals surface area (Å²) in [6.07, 6.45) is 7.47. The Labute approximate surface area is 122 Å². The molecule has 2 bridgehead atoms.